The van der Waals surface area contributed by atoms with Gasteiger partial charge in [0.2, 0.25) is 11.0 Å². The fraction of sp³-hybridized carbons (Fsp3) is 0.333. The molecule has 2 aromatic rings. The number of nitrogens with zero attached hydrogens (tertiary/aromatic N) is 2. The number of anilines is 1. The van der Waals surface area contributed by atoms with Crippen molar-refractivity contribution >= 4 is 40.1 Å². The summed E-state index contributed by atoms with van der Waals surface area (Å²) in [4.78, 5) is 23.4. The molecule has 1 heterocycles. The molecule has 122 valence electrons. The molecular formula is C15H17N3O3S2. The highest BCUT2D eigenvalue weighted by Crippen LogP contribution is 2.26. The summed E-state index contributed by atoms with van der Waals surface area (Å²) in [6, 6.07) is 9.63. The van der Waals surface area contributed by atoms with Gasteiger partial charge >= 0.3 is 5.97 Å². The van der Waals surface area contributed by atoms with Crippen molar-refractivity contribution in [2.24, 2.45) is 0 Å². The van der Waals surface area contributed by atoms with Crippen molar-refractivity contribution in [2.75, 3.05) is 17.7 Å². The second-order valence-corrected chi connectivity index (χ2v) is 6.83. The van der Waals surface area contributed by atoms with E-state index in [1.165, 1.54) is 23.1 Å². The maximum Gasteiger partial charge on any atom is 0.315 e. The highest BCUT2D eigenvalue weighted by atomic mass is 32.2. The summed E-state index contributed by atoms with van der Waals surface area (Å²) in [7, 11) is 0. The molecule has 0 aliphatic rings. The number of carbonyl (C=O) groups is 2. The van der Waals surface area contributed by atoms with Gasteiger partial charge in [-0.2, -0.15) is 0 Å². The zero-order valence-corrected chi connectivity index (χ0v) is 14.4. The molecule has 23 heavy (non-hydrogen) atoms. The van der Waals surface area contributed by atoms with E-state index in [4.69, 9.17) is 4.74 Å². The van der Waals surface area contributed by atoms with Crippen LogP contribution >= 0.6 is 23.1 Å². The summed E-state index contributed by atoms with van der Waals surface area (Å²) in [5.41, 5.74) is 0.954. The lowest BCUT2D eigenvalue weighted by Crippen LogP contribution is -2.24. The standard InChI is InChI=1S/C15H17N3O3S2/c1-3-21-12(19)9-22-10(2)13(20)16-15-18-17-14(23-15)11-7-5-4-6-8-11/h4-8,10H,3,9H2,1-2H3,(H,16,18,20)/t10-/m1/s1. The Kier molecular flexibility index (Phi) is 6.54. The minimum absolute atomic E-state index is 0.147. The highest BCUT2D eigenvalue weighted by Gasteiger charge is 2.17. The van der Waals surface area contributed by atoms with E-state index in [1.54, 1.807) is 13.8 Å². The molecule has 1 atom stereocenters. The molecule has 0 spiro atoms. The zero-order valence-electron chi connectivity index (χ0n) is 12.8. The summed E-state index contributed by atoms with van der Waals surface area (Å²) in [5.74, 6) is -0.386. The van der Waals surface area contributed by atoms with Crippen molar-refractivity contribution in [3.05, 3.63) is 30.3 Å². The van der Waals surface area contributed by atoms with Gasteiger partial charge in [-0.15, -0.1) is 22.0 Å². The van der Waals surface area contributed by atoms with Crippen molar-refractivity contribution in [2.45, 2.75) is 19.1 Å². The van der Waals surface area contributed by atoms with Gasteiger partial charge in [0.15, 0.2) is 0 Å². The average molecular weight is 351 g/mol. The lowest BCUT2D eigenvalue weighted by molar-refractivity contribution is -0.139. The average Bonchev–Trinajstić information content (AvgIpc) is 3.02. The van der Waals surface area contributed by atoms with Crippen LogP contribution in [0.1, 0.15) is 13.8 Å². The number of hydrogen-bond acceptors (Lipinski definition) is 7. The van der Waals surface area contributed by atoms with Crippen LogP contribution < -0.4 is 5.32 Å². The van der Waals surface area contributed by atoms with Crippen molar-refractivity contribution in [1.29, 1.82) is 0 Å². The molecule has 2 rings (SSSR count). The lowest BCUT2D eigenvalue weighted by atomic mass is 10.2. The molecule has 6 nitrogen and oxygen atoms in total. The number of ether oxygens (including phenoxy) is 1. The normalized spacial score (nSPS) is 11.7. The van der Waals surface area contributed by atoms with Crippen molar-refractivity contribution in [1.82, 2.24) is 10.2 Å². The van der Waals surface area contributed by atoms with E-state index in [0.29, 0.717) is 11.7 Å². The van der Waals surface area contributed by atoms with E-state index in [-0.39, 0.29) is 22.9 Å². The van der Waals surface area contributed by atoms with Gasteiger partial charge < -0.3 is 4.74 Å². The first-order chi connectivity index (χ1) is 11.1. The van der Waals surface area contributed by atoms with E-state index in [1.807, 2.05) is 30.3 Å². The smallest absolute Gasteiger partial charge is 0.315 e. The Morgan fingerprint density at radius 3 is 2.74 bits per heavy atom. The number of aromatic nitrogens is 2. The van der Waals surface area contributed by atoms with Crippen LogP contribution in [0.25, 0.3) is 10.6 Å². The molecule has 0 fully saturated rings. The van der Waals surface area contributed by atoms with Gasteiger partial charge in [0.1, 0.15) is 5.01 Å². The van der Waals surface area contributed by atoms with Gasteiger partial charge in [-0.05, 0) is 13.8 Å². The molecule has 1 aromatic carbocycles. The van der Waals surface area contributed by atoms with Gasteiger partial charge in [-0.1, -0.05) is 41.7 Å². The fourth-order valence-electron chi connectivity index (χ4n) is 1.65. The summed E-state index contributed by atoms with van der Waals surface area (Å²) < 4.78 is 4.83. The van der Waals surface area contributed by atoms with Crippen LogP contribution in [0.3, 0.4) is 0 Å². The van der Waals surface area contributed by atoms with Crippen LogP contribution in [0, 0.1) is 0 Å². The second kappa shape index (κ2) is 8.64. The lowest BCUT2D eigenvalue weighted by Gasteiger charge is -2.09. The number of carbonyl (C=O) groups excluding carboxylic acids is 2. The first-order valence-corrected chi connectivity index (χ1v) is 8.93. The number of esters is 1. The molecule has 1 aromatic heterocycles. The van der Waals surface area contributed by atoms with Crippen LogP contribution in [0.5, 0.6) is 0 Å². The van der Waals surface area contributed by atoms with Crippen LogP contribution in [0.15, 0.2) is 30.3 Å². The highest BCUT2D eigenvalue weighted by molar-refractivity contribution is 8.01. The Bertz CT molecular complexity index is 661. The Morgan fingerprint density at radius 1 is 1.30 bits per heavy atom. The van der Waals surface area contributed by atoms with Gasteiger partial charge in [0.05, 0.1) is 17.6 Å². The number of benzene rings is 1. The van der Waals surface area contributed by atoms with E-state index in [2.05, 4.69) is 15.5 Å². The molecule has 1 amide bonds. The molecule has 0 saturated heterocycles. The summed E-state index contributed by atoms with van der Waals surface area (Å²) >= 11 is 2.53. The monoisotopic (exact) mass is 351 g/mol. The van der Waals surface area contributed by atoms with Crippen LogP contribution in [-0.4, -0.2) is 39.7 Å². The molecule has 0 unspecified atom stereocenters. The van der Waals surface area contributed by atoms with E-state index in [9.17, 15) is 9.59 Å². The Balaban J connectivity index is 1.88. The third-order valence-electron chi connectivity index (χ3n) is 2.80. The predicted molar refractivity (Wildman–Crippen MR) is 92.5 cm³/mol. The van der Waals surface area contributed by atoms with Crippen molar-refractivity contribution < 1.29 is 14.3 Å². The van der Waals surface area contributed by atoms with Crippen LogP contribution in [0.2, 0.25) is 0 Å². The summed E-state index contributed by atoms with van der Waals surface area (Å²) in [6.07, 6.45) is 0. The first kappa shape index (κ1) is 17.4. The Hall–Kier alpha value is -1.93. The van der Waals surface area contributed by atoms with Gasteiger partial charge in [-0.3, -0.25) is 14.9 Å². The van der Waals surface area contributed by atoms with E-state index in [0.717, 1.165) is 10.6 Å². The number of nitrogens with one attached hydrogen (secondary N) is 1. The third kappa shape index (κ3) is 5.33. The van der Waals surface area contributed by atoms with Gasteiger partial charge in [0, 0.05) is 5.56 Å². The fourth-order valence-corrected chi connectivity index (χ4v) is 3.08. The van der Waals surface area contributed by atoms with E-state index < -0.39 is 0 Å². The first-order valence-electron chi connectivity index (χ1n) is 7.07. The van der Waals surface area contributed by atoms with Gasteiger partial charge in [0.25, 0.3) is 0 Å². The summed E-state index contributed by atoms with van der Waals surface area (Å²) in [5, 5.41) is 11.6. The maximum atomic E-state index is 12.1. The van der Waals surface area contributed by atoms with E-state index >= 15 is 0 Å². The van der Waals surface area contributed by atoms with Crippen LogP contribution in [0.4, 0.5) is 5.13 Å². The SMILES string of the molecule is CCOC(=O)CS[C@H](C)C(=O)Nc1nnc(-c2ccccc2)s1. The molecule has 1 N–H and O–H groups in total. The maximum absolute atomic E-state index is 12.1. The van der Waals surface area contributed by atoms with Crippen LogP contribution in [-0.2, 0) is 14.3 Å². The third-order valence-corrected chi connectivity index (χ3v) is 4.81. The molecule has 8 heteroatoms. The quantitative estimate of drug-likeness (QED) is 0.773. The number of amides is 1. The number of hydrogen-bond donors (Lipinski definition) is 1. The molecule has 0 radical (unpaired) electrons. The topological polar surface area (TPSA) is 81.2 Å². The zero-order chi connectivity index (χ0) is 16.7. The number of rotatable bonds is 7. The minimum atomic E-state index is -0.386. The Labute approximate surface area is 142 Å². The van der Waals surface area contributed by atoms with Crippen molar-refractivity contribution in [3.63, 3.8) is 0 Å². The predicted octanol–water partition coefficient (Wildman–Crippen LogP) is 2.83. The molecule has 0 bridgehead atoms. The van der Waals surface area contributed by atoms with Gasteiger partial charge in [-0.25, -0.2) is 0 Å². The molecular weight excluding hydrogens is 334 g/mol. The number of thioether (sulfide) groups is 1. The molecule has 0 saturated carbocycles. The molecule has 0 aliphatic heterocycles. The Morgan fingerprint density at radius 2 is 2.04 bits per heavy atom. The minimum Gasteiger partial charge on any atom is -0.465 e. The largest absolute Gasteiger partial charge is 0.465 e. The summed E-state index contributed by atoms with van der Waals surface area (Å²) in [6.45, 7) is 3.82. The van der Waals surface area contributed by atoms with Crippen molar-refractivity contribution in [3.8, 4) is 10.6 Å². The second-order valence-electron chi connectivity index (χ2n) is 4.53. The molecule has 0 aliphatic carbocycles.